The first-order chi connectivity index (χ1) is 64.3. The van der Waals surface area contributed by atoms with E-state index in [2.05, 4.69) is 31.2 Å². The molecule has 13 aromatic carbocycles. The smallest absolute Gasteiger partial charge is 0.327 e. The van der Waals surface area contributed by atoms with Crippen LogP contribution < -0.4 is 40.2 Å². The summed E-state index contributed by atoms with van der Waals surface area (Å²) in [6.07, 6.45) is 4.62. The Morgan fingerprint density at radius 2 is 0.538 bits per heavy atom. The molecule has 132 heavy (non-hydrogen) atoms. The number of carbonyl (C=O) groups excluding carboxylic acids is 8. The molecule has 0 saturated carbocycles. The number of benzene rings is 13. The monoisotopic (exact) mass is 1760 g/mol. The van der Waals surface area contributed by atoms with Crippen LogP contribution in [0.2, 0.25) is 0 Å². The van der Waals surface area contributed by atoms with E-state index in [-0.39, 0.29) is 159 Å². The molecule has 0 spiro atoms. The average Bonchev–Trinajstić information content (AvgIpc) is 1.21. The van der Waals surface area contributed by atoms with Crippen LogP contribution in [0, 0.1) is 0 Å². The Bertz CT molecular complexity index is 6550. The van der Waals surface area contributed by atoms with E-state index in [0.717, 1.165) is 0 Å². The molecule has 15 aromatic rings. The molecule has 8 heterocycles. The molecule has 652 valence electrons. The number of amides is 8. The third-order valence-corrected chi connectivity index (χ3v) is 24.2. The molecule has 4 saturated heterocycles. The standard InChI is InChI=1S/C104H76N8O20/c113-95(107-47-73-51-125-73)65-17-1-9-57(35-65)61-13-5-21-69(39-61)129-83-43-77-87-78(100(118)111(99(77)117)81(103(121)122)33-55-25-29-105-30-26-55)45-85(131-71-23-7-15-63(41-71)59-11-3-19-67(37-59)97(115)109-49-75-53-127-75)91-92-86(132-72-24-8-16-64(42-72)60-12-4-20-68(38-60)98(116)110-50-76-54-128-76)46-80-88-79(101(119)112(102(80)120)82(104(123)124)34-56-27-31-106-32-28-56)44-84(90(94(88)92)89(83)93(87)91)130-70-22-6-14-62(40-70)58-10-2-18-66(36-58)96(114)108-48-74-52-126-74/h1-32,35-46,73-76,81-82H,33-34,47-54H2,(H,107,113)(H,108,114)(H,109,115)(H,110,116)(H,121,122)(H,123,124). The second kappa shape index (κ2) is 34.3. The molecule has 6 N–H and O–H groups in total. The highest BCUT2D eigenvalue weighted by Crippen LogP contribution is 2.59. The Morgan fingerprint density at radius 3 is 0.765 bits per heavy atom. The quantitative estimate of drug-likeness (QED) is 0.00987. The van der Waals surface area contributed by atoms with Crippen molar-refractivity contribution in [2.24, 2.45) is 0 Å². The van der Waals surface area contributed by atoms with E-state index >= 15 is 19.2 Å². The van der Waals surface area contributed by atoms with Crippen molar-refractivity contribution in [1.82, 2.24) is 41.0 Å². The van der Waals surface area contributed by atoms with E-state index in [9.17, 15) is 39.0 Å². The van der Waals surface area contributed by atoms with E-state index < -0.39 is 60.5 Å². The summed E-state index contributed by atoms with van der Waals surface area (Å²) in [6, 6.07) is 63.3. The highest BCUT2D eigenvalue weighted by Gasteiger charge is 2.47. The van der Waals surface area contributed by atoms with Crippen LogP contribution in [0.3, 0.4) is 0 Å². The zero-order valence-electron chi connectivity index (χ0n) is 70.0. The summed E-state index contributed by atoms with van der Waals surface area (Å²) in [5, 5.41) is 34.9. The maximum absolute atomic E-state index is 16.7. The molecule has 0 bridgehead atoms. The number of hydrogen-bond donors (Lipinski definition) is 6. The third-order valence-electron chi connectivity index (χ3n) is 24.2. The van der Waals surface area contributed by atoms with Crippen LogP contribution >= 0.6 is 0 Å². The first-order valence-corrected chi connectivity index (χ1v) is 42.8. The van der Waals surface area contributed by atoms with Gasteiger partial charge in [0.05, 0.1) is 73.1 Å². The van der Waals surface area contributed by atoms with E-state index in [1.54, 1.807) is 194 Å². The lowest BCUT2D eigenvalue weighted by atomic mass is 9.80. The van der Waals surface area contributed by atoms with Crippen molar-refractivity contribution in [1.29, 1.82) is 0 Å². The second-order valence-corrected chi connectivity index (χ2v) is 33.0. The number of pyridine rings is 2. The summed E-state index contributed by atoms with van der Waals surface area (Å²) in [4.78, 5) is 160. The minimum absolute atomic E-state index is 0.0214. The van der Waals surface area contributed by atoms with Gasteiger partial charge in [0.25, 0.3) is 47.3 Å². The van der Waals surface area contributed by atoms with E-state index in [4.69, 9.17) is 37.9 Å². The van der Waals surface area contributed by atoms with Gasteiger partial charge < -0.3 is 69.4 Å². The van der Waals surface area contributed by atoms with Crippen LogP contribution in [0.25, 0.3) is 87.6 Å². The van der Waals surface area contributed by atoms with Crippen LogP contribution in [0.15, 0.2) is 267 Å². The molecule has 6 atom stereocenters. The summed E-state index contributed by atoms with van der Waals surface area (Å²) in [5.41, 5.74) is 5.61. The molecule has 28 nitrogen and oxygen atoms in total. The van der Waals surface area contributed by atoms with Crippen LogP contribution in [0.5, 0.6) is 46.0 Å². The van der Waals surface area contributed by atoms with Crippen molar-refractivity contribution in [3.63, 3.8) is 0 Å². The molecule has 0 aliphatic carbocycles. The van der Waals surface area contributed by atoms with Crippen molar-refractivity contribution in [3.05, 3.63) is 323 Å². The topological polar surface area (TPSA) is 379 Å². The van der Waals surface area contributed by atoms with Gasteiger partial charge in [-0.05, 0) is 201 Å². The van der Waals surface area contributed by atoms with Crippen molar-refractivity contribution >= 4 is 102 Å². The van der Waals surface area contributed by atoms with Gasteiger partial charge in [-0.25, -0.2) is 9.59 Å². The van der Waals surface area contributed by atoms with Gasteiger partial charge in [0.15, 0.2) is 0 Å². The summed E-state index contributed by atoms with van der Waals surface area (Å²) < 4.78 is 51.5. The molecular formula is C104H76N8O20. The number of aliphatic carboxylic acids is 2. The zero-order chi connectivity index (χ0) is 90.1. The van der Waals surface area contributed by atoms with E-state index in [1.807, 2.05) is 24.3 Å². The number of rotatable bonds is 32. The number of carboxylic acid groups (broad SMARTS) is 2. The number of hydrogen-bond acceptors (Lipinski definition) is 20. The fourth-order valence-corrected chi connectivity index (χ4v) is 17.3. The van der Waals surface area contributed by atoms with Crippen LogP contribution in [0.4, 0.5) is 0 Å². The highest BCUT2D eigenvalue weighted by molar-refractivity contribution is 6.45. The molecule has 28 heteroatoms. The van der Waals surface area contributed by atoms with Crippen LogP contribution in [-0.4, -0.2) is 178 Å². The summed E-state index contributed by atoms with van der Waals surface area (Å²) in [5.74, 6) is -9.04. The Morgan fingerprint density at radius 1 is 0.311 bits per heavy atom. The number of carbonyl (C=O) groups is 10. The number of ether oxygens (including phenoxy) is 8. The van der Waals surface area contributed by atoms with Gasteiger partial charge in [-0.2, -0.15) is 0 Å². The summed E-state index contributed by atoms with van der Waals surface area (Å²) in [6.45, 7) is 3.26. The van der Waals surface area contributed by atoms with E-state index in [1.165, 1.54) is 49.1 Å². The lowest BCUT2D eigenvalue weighted by molar-refractivity contribution is -0.142. The van der Waals surface area contributed by atoms with Gasteiger partial charge in [0.2, 0.25) is 0 Å². The maximum atomic E-state index is 16.7. The number of epoxide rings is 4. The predicted octanol–water partition coefficient (Wildman–Crippen LogP) is 15.5. The molecule has 2 aromatic heterocycles. The molecule has 6 aliphatic heterocycles. The van der Waals surface area contributed by atoms with Crippen molar-refractivity contribution in [3.8, 4) is 90.5 Å². The lowest BCUT2D eigenvalue weighted by Crippen LogP contribution is -2.51. The molecule has 6 unspecified atom stereocenters. The third kappa shape index (κ3) is 16.5. The van der Waals surface area contributed by atoms with Crippen molar-refractivity contribution in [2.45, 2.75) is 49.3 Å². The minimum atomic E-state index is -1.89. The molecule has 6 aliphatic rings. The van der Waals surface area contributed by atoms with Gasteiger partial charge in [0, 0.05) is 129 Å². The van der Waals surface area contributed by atoms with Gasteiger partial charge >= 0.3 is 11.9 Å². The van der Waals surface area contributed by atoms with E-state index in [0.29, 0.717) is 140 Å². The van der Waals surface area contributed by atoms with Crippen LogP contribution in [0.1, 0.15) is 94.0 Å². The molecule has 4 fully saturated rings. The van der Waals surface area contributed by atoms with Gasteiger partial charge in [-0.15, -0.1) is 0 Å². The van der Waals surface area contributed by atoms with Gasteiger partial charge in [-0.1, -0.05) is 97.1 Å². The first kappa shape index (κ1) is 82.6. The number of nitrogens with zero attached hydrogens (tertiary/aromatic N) is 4. The minimum Gasteiger partial charge on any atom is -0.480 e. The number of imide groups is 2. The number of nitrogens with one attached hydrogen (secondary N) is 4. The normalized spacial score (nSPS) is 16.6. The highest BCUT2D eigenvalue weighted by atomic mass is 16.6. The fraction of sp³-hybridized carbons (Fsp3) is 0.154. The number of aromatic nitrogens is 2. The second-order valence-electron chi connectivity index (χ2n) is 33.0. The Balaban J connectivity index is 0.860. The number of fused-ring (bicyclic) bond motifs is 2. The van der Waals surface area contributed by atoms with Gasteiger partial charge in [-0.3, -0.25) is 58.1 Å². The molecular weight excluding hydrogens is 1680 g/mol. The Kier molecular flexibility index (Phi) is 21.5. The maximum Gasteiger partial charge on any atom is 0.327 e. The molecule has 8 amide bonds. The Hall–Kier alpha value is -16.4. The fourth-order valence-electron chi connectivity index (χ4n) is 17.3. The summed E-state index contributed by atoms with van der Waals surface area (Å²) >= 11 is 0. The largest absolute Gasteiger partial charge is 0.480 e. The zero-order valence-corrected chi connectivity index (χ0v) is 70.0. The SMILES string of the molecule is O=C(NCC1CO1)c1cccc(-c2cccc(Oc3cc4c5c(cc(Oc6cccc(-c7cccc(C(=O)NCC8CO8)c7)c6)c6c7c(Oc8cccc(-c9cccc(C(=O)NCC%10CO%10)c9)c8)cc8c9c(cc(Oc%10cccc(-c%11cccc(C(=O)NCC%12CO%12)c%11)c%10)c(c3c56)c97)C(=O)N(C(Cc3ccncc3)C(=O)O)C8=O)C(=O)N(C(Cc3ccncc3)C(=O)O)C4=O)c2)c1. The van der Waals surface area contributed by atoms with Gasteiger partial charge in [0.1, 0.15) is 58.1 Å². The van der Waals surface area contributed by atoms with Crippen LogP contribution in [-0.2, 0) is 41.4 Å². The first-order valence-electron chi connectivity index (χ1n) is 42.8. The number of carboxylic acids is 2. The molecule has 21 rings (SSSR count). The molecule has 0 radical (unpaired) electrons. The predicted molar refractivity (Wildman–Crippen MR) is 483 cm³/mol. The lowest BCUT2D eigenvalue weighted by Gasteiger charge is -2.35. The van der Waals surface area contributed by atoms with Crippen molar-refractivity contribution < 1.29 is 96.1 Å². The van der Waals surface area contributed by atoms with Crippen molar-refractivity contribution in [2.75, 3.05) is 52.6 Å². The average molecular weight is 1760 g/mol. The summed E-state index contributed by atoms with van der Waals surface area (Å²) in [7, 11) is 0. The Labute approximate surface area is 750 Å².